The van der Waals surface area contributed by atoms with Crippen LogP contribution >= 0.6 is 0 Å². The third-order valence-electron chi connectivity index (χ3n) is 6.45. The first-order valence-electron chi connectivity index (χ1n) is 11.4. The van der Waals surface area contributed by atoms with Crippen LogP contribution in [0.4, 0.5) is 0 Å². The van der Waals surface area contributed by atoms with E-state index >= 15 is 0 Å². The molecule has 3 heterocycles. The number of hydrogen-bond acceptors (Lipinski definition) is 15. The van der Waals surface area contributed by atoms with Gasteiger partial charge < -0.3 is 75.0 Å². The predicted octanol–water partition coefficient (Wildman–Crippen LogP) is -6.40. The number of hydrogen-bond donors (Lipinski definition) is 10. The molecule has 0 aliphatic carbocycles. The van der Waals surface area contributed by atoms with Gasteiger partial charge in [-0.2, -0.15) is 0 Å². The van der Waals surface area contributed by atoms with Gasteiger partial charge in [0.15, 0.2) is 18.9 Å². The molecule has 1 amide bonds. The van der Waals surface area contributed by atoms with Crippen LogP contribution < -0.4 is 5.32 Å². The van der Waals surface area contributed by atoms with Gasteiger partial charge in [0.1, 0.15) is 67.1 Å². The number of nitrogens with one attached hydrogen (secondary N) is 1. The minimum absolute atomic E-state index is 0.640. The summed E-state index contributed by atoms with van der Waals surface area (Å²) in [6, 6.07) is -1.41. The standard InChI is InChI=1S/C20H35NO15/c1-5-10(25)12(27)14(29)19(32-5)36-17-9(21-6(2)24)18(31)33-8(4-23)16(17)35-20-15(30)13(28)11(26)7(3-22)34-20/h5,7-20,22-23,25-31H,3-4H2,1-2H3,(H,21,24)/t5-,7-,8-,9-,10+,11-,12-,13-,14-,15-,16+,17+,18+,19-,20-/m0/s1. The van der Waals surface area contributed by atoms with E-state index in [1.807, 2.05) is 0 Å². The molecule has 3 rings (SSSR count). The van der Waals surface area contributed by atoms with Gasteiger partial charge in [-0.05, 0) is 6.92 Å². The van der Waals surface area contributed by atoms with Crippen molar-refractivity contribution < 1.29 is 74.4 Å². The van der Waals surface area contributed by atoms with Gasteiger partial charge in [-0.15, -0.1) is 0 Å². The molecule has 16 nitrogen and oxygen atoms in total. The third-order valence-corrected chi connectivity index (χ3v) is 6.45. The Labute approximate surface area is 205 Å². The minimum Gasteiger partial charge on any atom is -0.394 e. The van der Waals surface area contributed by atoms with Crippen molar-refractivity contribution in [2.24, 2.45) is 0 Å². The molecule has 15 atom stereocenters. The Hall–Kier alpha value is -1.09. The first-order chi connectivity index (χ1) is 16.9. The van der Waals surface area contributed by atoms with Crippen molar-refractivity contribution in [3.63, 3.8) is 0 Å². The molecule has 3 aliphatic heterocycles. The summed E-state index contributed by atoms with van der Waals surface area (Å²) < 4.78 is 27.7. The molecular weight excluding hydrogens is 494 g/mol. The average molecular weight is 529 g/mol. The largest absolute Gasteiger partial charge is 0.394 e. The first kappa shape index (κ1) is 29.5. The molecule has 0 unspecified atom stereocenters. The maximum atomic E-state index is 11.8. The number of rotatable bonds is 7. The van der Waals surface area contributed by atoms with Crippen LogP contribution in [-0.4, -0.2) is 157 Å². The van der Waals surface area contributed by atoms with Gasteiger partial charge in [-0.25, -0.2) is 0 Å². The van der Waals surface area contributed by atoms with E-state index in [1.54, 1.807) is 0 Å². The molecule has 210 valence electrons. The van der Waals surface area contributed by atoms with Crippen molar-refractivity contribution >= 4 is 5.91 Å². The number of aliphatic hydroxyl groups excluding tert-OH is 9. The molecule has 0 aromatic rings. The summed E-state index contributed by atoms with van der Waals surface area (Å²) in [5, 5.41) is 93.2. The van der Waals surface area contributed by atoms with E-state index in [2.05, 4.69) is 5.32 Å². The lowest BCUT2D eigenvalue weighted by atomic mass is 9.94. The van der Waals surface area contributed by atoms with Crippen LogP contribution in [0.3, 0.4) is 0 Å². The summed E-state index contributed by atoms with van der Waals surface area (Å²) >= 11 is 0. The first-order valence-corrected chi connectivity index (χ1v) is 11.4. The molecule has 3 fully saturated rings. The van der Waals surface area contributed by atoms with E-state index in [1.165, 1.54) is 6.92 Å². The number of carbonyl (C=O) groups is 1. The smallest absolute Gasteiger partial charge is 0.217 e. The zero-order valence-electron chi connectivity index (χ0n) is 19.5. The molecule has 16 heteroatoms. The lowest BCUT2D eigenvalue weighted by Crippen LogP contribution is -2.69. The second-order valence-electron chi connectivity index (χ2n) is 9.05. The Bertz CT molecular complexity index is 729. The van der Waals surface area contributed by atoms with Crippen LogP contribution in [0.25, 0.3) is 0 Å². The highest BCUT2D eigenvalue weighted by atomic mass is 16.7. The SMILES string of the molecule is CC(=O)N[C@H]1[C@@H](O[C@@H]2O[C@@H](C)[C@@H](O)[C@H](O)[C@@H]2O)[C@H](O[C@@H]2O[C@@H](CO)[C@H](O)[C@H](O)[C@@H]2O)[C@H](CO)O[C@H]1O. The quantitative estimate of drug-likeness (QED) is 0.147. The Morgan fingerprint density at radius 3 is 1.81 bits per heavy atom. The summed E-state index contributed by atoms with van der Waals surface area (Å²) in [4.78, 5) is 11.8. The van der Waals surface area contributed by atoms with E-state index in [-0.39, 0.29) is 0 Å². The van der Waals surface area contributed by atoms with E-state index in [0.29, 0.717) is 0 Å². The number of aliphatic hydroxyl groups is 9. The van der Waals surface area contributed by atoms with Crippen molar-refractivity contribution in [1.82, 2.24) is 5.32 Å². The van der Waals surface area contributed by atoms with Crippen molar-refractivity contribution in [2.75, 3.05) is 13.2 Å². The highest BCUT2D eigenvalue weighted by Gasteiger charge is 2.54. The van der Waals surface area contributed by atoms with Crippen LogP contribution in [0.5, 0.6) is 0 Å². The van der Waals surface area contributed by atoms with Gasteiger partial charge in [0, 0.05) is 6.92 Å². The fraction of sp³-hybridized carbons (Fsp3) is 0.950. The molecular formula is C20H35NO15. The molecule has 0 aromatic carbocycles. The van der Waals surface area contributed by atoms with Crippen LogP contribution in [0.1, 0.15) is 13.8 Å². The van der Waals surface area contributed by atoms with Gasteiger partial charge in [0.25, 0.3) is 0 Å². The fourth-order valence-corrected chi connectivity index (χ4v) is 4.40. The Balaban J connectivity index is 1.92. The lowest BCUT2D eigenvalue weighted by Gasteiger charge is -2.49. The van der Waals surface area contributed by atoms with Gasteiger partial charge in [0.05, 0.1) is 19.3 Å². The Kier molecular flexibility index (Phi) is 9.97. The second-order valence-corrected chi connectivity index (χ2v) is 9.05. The van der Waals surface area contributed by atoms with E-state index in [4.69, 9.17) is 23.7 Å². The topological polar surface area (TPSA) is 257 Å². The van der Waals surface area contributed by atoms with Crippen molar-refractivity contribution in [1.29, 1.82) is 0 Å². The molecule has 0 bridgehead atoms. The maximum absolute atomic E-state index is 11.8. The lowest BCUT2D eigenvalue weighted by molar-refractivity contribution is -0.370. The molecule has 0 saturated carbocycles. The predicted molar refractivity (Wildman–Crippen MR) is 111 cm³/mol. The zero-order chi connectivity index (χ0) is 26.9. The minimum atomic E-state index is -1.85. The molecule has 36 heavy (non-hydrogen) atoms. The molecule has 10 N–H and O–H groups in total. The van der Waals surface area contributed by atoms with Gasteiger partial charge in [-0.1, -0.05) is 0 Å². The summed E-state index contributed by atoms with van der Waals surface area (Å²) in [7, 11) is 0. The van der Waals surface area contributed by atoms with Crippen molar-refractivity contribution in [3.05, 3.63) is 0 Å². The molecule has 0 aromatic heterocycles. The van der Waals surface area contributed by atoms with E-state index < -0.39 is 111 Å². The zero-order valence-corrected chi connectivity index (χ0v) is 19.5. The molecule has 0 spiro atoms. The van der Waals surface area contributed by atoms with Gasteiger partial charge in [-0.3, -0.25) is 4.79 Å². The number of carbonyl (C=O) groups excluding carboxylic acids is 1. The average Bonchev–Trinajstić information content (AvgIpc) is 2.84. The van der Waals surface area contributed by atoms with Crippen molar-refractivity contribution in [2.45, 2.75) is 106 Å². The van der Waals surface area contributed by atoms with Crippen LogP contribution in [0.15, 0.2) is 0 Å². The Morgan fingerprint density at radius 1 is 0.722 bits per heavy atom. The second kappa shape index (κ2) is 12.2. The normalized spacial score (nSPS) is 50.0. The Morgan fingerprint density at radius 2 is 1.25 bits per heavy atom. The van der Waals surface area contributed by atoms with E-state index in [9.17, 15) is 50.8 Å². The van der Waals surface area contributed by atoms with Gasteiger partial charge in [0.2, 0.25) is 5.91 Å². The highest BCUT2D eigenvalue weighted by Crippen LogP contribution is 2.32. The number of amides is 1. The summed E-state index contributed by atoms with van der Waals surface area (Å²) in [5.74, 6) is -0.640. The summed E-state index contributed by atoms with van der Waals surface area (Å²) in [6.07, 6.45) is -22.0. The fourth-order valence-electron chi connectivity index (χ4n) is 4.40. The summed E-state index contributed by atoms with van der Waals surface area (Å²) in [5.41, 5.74) is 0. The molecule has 0 radical (unpaired) electrons. The number of ether oxygens (including phenoxy) is 5. The maximum Gasteiger partial charge on any atom is 0.217 e. The molecule has 3 saturated heterocycles. The van der Waals surface area contributed by atoms with Gasteiger partial charge >= 0.3 is 0 Å². The van der Waals surface area contributed by atoms with E-state index in [0.717, 1.165) is 6.92 Å². The monoisotopic (exact) mass is 529 g/mol. The molecule has 3 aliphatic rings. The highest BCUT2D eigenvalue weighted by molar-refractivity contribution is 5.73. The van der Waals surface area contributed by atoms with Crippen LogP contribution in [-0.2, 0) is 28.5 Å². The summed E-state index contributed by atoms with van der Waals surface area (Å²) in [6.45, 7) is 1.00. The van der Waals surface area contributed by atoms with Crippen LogP contribution in [0, 0.1) is 0 Å². The third kappa shape index (κ3) is 5.97. The van der Waals surface area contributed by atoms with Crippen molar-refractivity contribution in [3.8, 4) is 0 Å². The van der Waals surface area contributed by atoms with Crippen LogP contribution in [0.2, 0.25) is 0 Å².